The van der Waals surface area contributed by atoms with Crippen LogP contribution in [-0.2, 0) is 6.18 Å². The highest BCUT2D eigenvalue weighted by Crippen LogP contribution is 2.36. The first-order chi connectivity index (χ1) is 9.95. The van der Waals surface area contributed by atoms with E-state index >= 15 is 0 Å². The van der Waals surface area contributed by atoms with Gasteiger partial charge in [-0.25, -0.2) is 4.98 Å². The van der Waals surface area contributed by atoms with E-state index in [1.165, 1.54) is 12.1 Å². The Hall–Kier alpha value is -2.56. The molecule has 0 fully saturated rings. The van der Waals surface area contributed by atoms with E-state index in [9.17, 15) is 13.2 Å². The van der Waals surface area contributed by atoms with Gasteiger partial charge in [0.15, 0.2) is 0 Å². The monoisotopic (exact) mass is 288 g/mol. The van der Waals surface area contributed by atoms with E-state index in [-0.39, 0.29) is 11.3 Å². The zero-order valence-electron chi connectivity index (χ0n) is 10.9. The molecule has 0 unspecified atom stereocenters. The number of hydrogen-bond acceptors (Lipinski definition) is 2. The standard InChI is InChI=1S/C16H11F3N2/c17-16(18,19)13-4-2-1-3-12(13)14-8-6-10-5-7-11(20)9-15(10)21-14/h1-9H,20H2. The zero-order valence-corrected chi connectivity index (χ0v) is 10.9. The molecule has 0 bridgehead atoms. The molecule has 0 amide bonds. The first-order valence-corrected chi connectivity index (χ1v) is 6.28. The summed E-state index contributed by atoms with van der Waals surface area (Å²) in [6.45, 7) is 0. The maximum absolute atomic E-state index is 13.1. The molecular formula is C16H11F3N2. The number of anilines is 1. The van der Waals surface area contributed by atoms with Gasteiger partial charge in [-0.15, -0.1) is 0 Å². The van der Waals surface area contributed by atoms with Gasteiger partial charge < -0.3 is 5.73 Å². The topological polar surface area (TPSA) is 38.9 Å². The largest absolute Gasteiger partial charge is 0.417 e. The molecule has 0 aliphatic rings. The van der Waals surface area contributed by atoms with Crippen LogP contribution in [0.15, 0.2) is 54.6 Å². The average Bonchev–Trinajstić information content (AvgIpc) is 2.45. The van der Waals surface area contributed by atoms with Crippen LogP contribution < -0.4 is 5.73 Å². The maximum atomic E-state index is 13.1. The van der Waals surface area contributed by atoms with Crippen molar-refractivity contribution in [2.24, 2.45) is 0 Å². The van der Waals surface area contributed by atoms with Crippen molar-refractivity contribution in [2.75, 3.05) is 5.73 Å². The zero-order chi connectivity index (χ0) is 15.0. The fraction of sp³-hybridized carbons (Fsp3) is 0.0625. The van der Waals surface area contributed by atoms with Crippen LogP contribution in [-0.4, -0.2) is 4.98 Å². The van der Waals surface area contributed by atoms with Gasteiger partial charge in [0.05, 0.1) is 16.8 Å². The van der Waals surface area contributed by atoms with Crippen molar-refractivity contribution in [3.8, 4) is 11.3 Å². The van der Waals surface area contributed by atoms with E-state index in [0.717, 1.165) is 11.5 Å². The molecule has 21 heavy (non-hydrogen) atoms. The molecule has 5 heteroatoms. The first kappa shape index (κ1) is 13.4. The Bertz CT molecular complexity index is 810. The molecule has 0 saturated carbocycles. The third-order valence-corrected chi connectivity index (χ3v) is 3.22. The maximum Gasteiger partial charge on any atom is 0.417 e. The number of nitrogens with zero attached hydrogens (tertiary/aromatic N) is 1. The first-order valence-electron chi connectivity index (χ1n) is 6.28. The molecule has 2 N–H and O–H groups in total. The van der Waals surface area contributed by atoms with Gasteiger partial charge in [-0.2, -0.15) is 13.2 Å². The Morgan fingerprint density at radius 2 is 1.62 bits per heavy atom. The van der Waals surface area contributed by atoms with Crippen LogP contribution in [0.25, 0.3) is 22.2 Å². The van der Waals surface area contributed by atoms with E-state index in [1.807, 2.05) is 0 Å². The summed E-state index contributed by atoms with van der Waals surface area (Å²) in [5, 5.41) is 0.831. The number of hydrogen-bond donors (Lipinski definition) is 1. The van der Waals surface area contributed by atoms with Crippen LogP contribution in [0.1, 0.15) is 5.56 Å². The number of nitrogen functional groups attached to an aromatic ring is 1. The van der Waals surface area contributed by atoms with Gasteiger partial charge in [0.25, 0.3) is 0 Å². The third-order valence-electron chi connectivity index (χ3n) is 3.22. The molecule has 0 atom stereocenters. The van der Waals surface area contributed by atoms with Crippen molar-refractivity contribution in [2.45, 2.75) is 6.18 Å². The van der Waals surface area contributed by atoms with Gasteiger partial charge in [0.2, 0.25) is 0 Å². The minimum atomic E-state index is -4.41. The van der Waals surface area contributed by atoms with Gasteiger partial charge in [-0.05, 0) is 24.3 Å². The summed E-state index contributed by atoms with van der Waals surface area (Å²) < 4.78 is 39.2. The number of alkyl halides is 3. The summed E-state index contributed by atoms with van der Waals surface area (Å²) in [4.78, 5) is 4.30. The SMILES string of the molecule is Nc1ccc2ccc(-c3ccccc3C(F)(F)F)nc2c1. The van der Waals surface area contributed by atoms with Crippen molar-refractivity contribution >= 4 is 16.6 Å². The van der Waals surface area contributed by atoms with Crippen LogP contribution >= 0.6 is 0 Å². The number of benzene rings is 2. The number of halogens is 3. The molecule has 3 rings (SSSR count). The summed E-state index contributed by atoms with van der Waals surface area (Å²) in [7, 11) is 0. The summed E-state index contributed by atoms with van der Waals surface area (Å²) in [5.74, 6) is 0. The van der Waals surface area contributed by atoms with Crippen LogP contribution in [0.5, 0.6) is 0 Å². The Morgan fingerprint density at radius 1 is 0.905 bits per heavy atom. The highest BCUT2D eigenvalue weighted by atomic mass is 19.4. The third kappa shape index (κ3) is 2.54. The van der Waals surface area contributed by atoms with Crippen LogP contribution in [0, 0.1) is 0 Å². The Kier molecular flexibility index (Phi) is 3.05. The Balaban J connectivity index is 2.21. The smallest absolute Gasteiger partial charge is 0.399 e. The van der Waals surface area contributed by atoms with Crippen molar-refractivity contribution in [1.82, 2.24) is 4.98 Å². The fourth-order valence-electron chi connectivity index (χ4n) is 2.24. The average molecular weight is 288 g/mol. The van der Waals surface area contributed by atoms with E-state index in [0.29, 0.717) is 11.2 Å². The fourth-order valence-corrected chi connectivity index (χ4v) is 2.24. The van der Waals surface area contributed by atoms with Crippen molar-refractivity contribution < 1.29 is 13.2 Å². The Labute approximate surface area is 119 Å². The molecule has 1 aromatic heterocycles. The van der Waals surface area contributed by atoms with Gasteiger partial charge in [0, 0.05) is 16.6 Å². The van der Waals surface area contributed by atoms with E-state index in [2.05, 4.69) is 4.98 Å². The molecule has 3 aromatic rings. The molecule has 106 valence electrons. The van der Waals surface area contributed by atoms with Gasteiger partial charge in [-0.3, -0.25) is 0 Å². The van der Waals surface area contributed by atoms with Crippen molar-refractivity contribution in [3.05, 3.63) is 60.2 Å². The minimum absolute atomic E-state index is 0.0642. The second-order valence-corrected chi connectivity index (χ2v) is 4.69. The van der Waals surface area contributed by atoms with Crippen LogP contribution in [0.2, 0.25) is 0 Å². The molecule has 0 aliphatic heterocycles. The molecule has 0 saturated heterocycles. The summed E-state index contributed by atoms with van der Waals surface area (Å²) in [5.41, 5.74) is 6.44. The minimum Gasteiger partial charge on any atom is -0.399 e. The van der Waals surface area contributed by atoms with E-state index in [1.54, 1.807) is 36.4 Å². The van der Waals surface area contributed by atoms with Crippen molar-refractivity contribution in [3.63, 3.8) is 0 Å². The highest BCUT2D eigenvalue weighted by molar-refractivity contribution is 5.84. The number of pyridine rings is 1. The van der Waals surface area contributed by atoms with E-state index in [4.69, 9.17) is 5.73 Å². The van der Waals surface area contributed by atoms with Gasteiger partial charge in [-0.1, -0.05) is 30.3 Å². The predicted octanol–water partition coefficient (Wildman–Crippen LogP) is 4.50. The molecule has 2 aromatic carbocycles. The van der Waals surface area contributed by atoms with E-state index < -0.39 is 11.7 Å². The second kappa shape index (κ2) is 4.77. The molecule has 2 nitrogen and oxygen atoms in total. The lowest BCUT2D eigenvalue weighted by Gasteiger charge is -2.12. The summed E-state index contributed by atoms with van der Waals surface area (Å²) >= 11 is 0. The highest BCUT2D eigenvalue weighted by Gasteiger charge is 2.33. The van der Waals surface area contributed by atoms with Crippen LogP contribution in [0.4, 0.5) is 18.9 Å². The van der Waals surface area contributed by atoms with Crippen molar-refractivity contribution in [1.29, 1.82) is 0 Å². The lowest BCUT2D eigenvalue weighted by atomic mass is 10.0. The molecule has 0 aliphatic carbocycles. The number of aromatic nitrogens is 1. The quantitative estimate of drug-likeness (QED) is 0.669. The van der Waals surface area contributed by atoms with Gasteiger partial charge >= 0.3 is 6.18 Å². The number of nitrogens with two attached hydrogens (primary N) is 1. The predicted molar refractivity (Wildman–Crippen MR) is 76.6 cm³/mol. The number of fused-ring (bicyclic) bond motifs is 1. The molecular weight excluding hydrogens is 277 g/mol. The van der Waals surface area contributed by atoms with Crippen LogP contribution in [0.3, 0.4) is 0 Å². The molecule has 0 radical (unpaired) electrons. The lowest BCUT2D eigenvalue weighted by Crippen LogP contribution is -2.07. The number of rotatable bonds is 1. The second-order valence-electron chi connectivity index (χ2n) is 4.69. The summed E-state index contributed by atoms with van der Waals surface area (Å²) in [6, 6.07) is 13.9. The summed E-state index contributed by atoms with van der Waals surface area (Å²) in [6.07, 6.45) is -4.41. The Morgan fingerprint density at radius 3 is 2.38 bits per heavy atom. The molecule has 1 heterocycles. The molecule has 0 spiro atoms. The van der Waals surface area contributed by atoms with Gasteiger partial charge in [0.1, 0.15) is 0 Å². The normalized spacial score (nSPS) is 11.8. The lowest BCUT2D eigenvalue weighted by molar-refractivity contribution is -0.137.